The minimum Gasteiger partial charge on any atom is -0.492 e. The summed E-state index contributed by atoms with van der Waals surface area (Å²) in [4.78, 5) is 20.4. The van der Waals surface area contributed by atoms with Crippen LogP contribution in [0.2, 0.25) is 0 Å². The molecule has 0 atom stereocenters. The maximum absolute atomic E-state index is 13.8. The maximum Gasteiger partial charge on any atom is 0.193 e. The molecular formula is C29H27BrN4O3. The highest BCUT2D eigenvalue weighted by atomic mass is 79.9. The molecule has 1 saturated heterocycles. The van der Waals surface area contributed by atoms with Gasteiger partial charge in [0.05, 0.1) is 16.4 Å². The van der Waals surface area contributed by atoms with E-state index in [2.05, 4.69) is 31.0 Å². The van der Waals surface area contributed by atoms with Gasteiger partial charge in [0.15, 0.2) is 5.43 Å². The first-order valence-corrected chi connectivity index (χ1v) is 13.4. The van der Waals surface area contributed by atoms with Crippen molar-refractivity contribution in [1.29, 1.82) is 0 Å². The normalized spacial score (nSPS) is 15.2. The minimum atomic E-state index is -0.0615. The second-order valence-electron chi connectivity index (χ2n) is 9.62. The van der Waals surface area contributed by atoms with Gasteiger partial charge >= 0.3 is 0 Å². The number of fused-ring (bicyclic) bond motifs is 2. The summed E-state index contributed by atoms with van der Waals surface area (Å²) in [6.45, 7) is 3.57. The van der Waals surface area contributed by atoms with Crippen LogP contribution < -0.4 is 15.5 Å². The van der Waals surface area contributed by atoms with Crippen LogP contribution in [0, 0.1) is 0 Å². The number of pyridine rings is 3. The molecule has 1 aliphatic rings. The number of piperidine rings is 1. The van der Waals surface area contributed by atoms with Gasteiger partial charge in [0.25, 0.3) is 0 Å². The van der Waals surface area contributed by atoms with Crippen LogP contribution in [0.15, 0.2) is 75.5 Å². The Morgan fingerprint density at radius 3 is 2.68 bits per heavy atom. The predicted octanol–water partition coefficient (Wildman–Crippen LogP) is 4.95. The van der Waals surface area contributed by atoms with E-state index in [1.54, 1.807) is 12.4 Å². The van der Waals surface area contributed by atoms with Crippen molar-refractivity contribution in [2.24, 2.45) is 5.16 Å². The van der Waals surface area contributed by atoms with Crippen LogP contribution in [0.3, 0.4) is 0 Å². The lowest BCUT2D eigenvalue weighted by Gasteiger charge is -2.26. The van der Waals surface area contributed by atoms with Gasteiger partial charge in [0.2, 0.25) is 0 Å². The number of halogens is 1. The van der Waals surface area contributed by atoms with Gasteiger partial charge in [-0.25, -0.2) is 0 Å². The standard InChI is InChI=1S/C29H27BrN4O3/c30-21-6-7-23-26(14-21)34-18-20(13-19-5-4-8-31-17-19)29(35)25-16-22(15-24(28(25)34)27(23)32-36)37-12-11-33-9-2-1-3-10-33/h4-8,14-18,36H,1-3,9-13H2/b32-27+. The van der Waals surface area contributed by atoms with Gasteiger partial charge in [-0.15, -0.1) is 0 Å². The first-order valence-electron chi connectivity index (χ1n) is 12.6. The average molecular weight is 559 g/mol. The lowest BCUT2D eigenvalue weighted by molar-refractivity contribution is 0.183. The van der Waals surface area contributed by atoms with Gasteiger partial charge in [0, 0.05) is 52.4 Å². The molecule has 188 valence electrons. The Bertz CT molecular complexity index is 1710. The lowest BCUT2D eigenvalue weighted by Crippen LogP contribution is -2.33. The zero-order valence-corrected chi connectivity index (χ0v) is 21.9. The van der Waals surface area contributed by atoms with Gasteiger partial charge in [-0.1, -0.05) is 33.6 Å². The van der Waals surface area contributed by atoms with E-state index < -0.39 is 0 Å². The number of rotatable bonds is 6. The lowest BCUT2D eigenvalue weighted by atomic mass is 10.0. The van der Waals surface area contributed by atoms with Crippen molar-refractivity contribution in [3.8, 4) is 5.75 Å². The van der Waals surface area contributed by atoms with Crippen molar-refractivity contribution in [3.63, 3.8) is 0 Å². The third kappa shape index (κ3) is 4.55. The van der Waals surface area contributed by atoms with Crippen LogP contribution in [-0.2, 0) is 6.42 Å². The first-order chi connectivity index (χ1) is 18.1. The molecule has 2 aromatic carbocycles. The Labute approximate surface area is 222 Å². The SMILES string of the molecule is O=c1c(Cc2cccnc2)cn2c3cc(Br)ccc3/c(=N\O)c3cc(OCCN4CCCCC4)cc1c32. The predicted molar refractivity (Wildman–Crippen MR) is 148 cm³/mol. The van der Waals surface area contributed by atoms with Crippen LogP contribution in [0.1, 0.15) is 30.4 Å². The Balaban J connectivity index is 1.54. The molecule has 8 heteroatoms. The monoisotopic (exact) mass is 558 g/mol. The molecule has 0 aliphatic carbocycles. The van der Waals surface area contributed by atoms with Crippen LogP contribution in [-0.4, -0.2) is 45.7 Å². The smallest absolute Gasteiger partial charge is 0.193 e. The molecule has 5 aromatic rings. The number of likely N-dealkylation sites (tertiary alicyclic amines) is 1. The van der Waals surface area contributed by atoms with E-state index in [9.17, 15) is 10.0 Å². The number of hydrogen-bond donors (Lipinski definition) is 1. The van der Waals surface area contributed by atoms with Crippen LogP contribution >= 0.6 is 15.9 Å². The van der Waals surface area contributed by atoms with Gasteiger partial charge in [0.1, 0.15) is 17.7 Å². The summed E-state index contributed by atoms with van der Waals surface area (Å²) >= 11 is 3.57. The zero-order chi connectivity index (χ0) is 25.4. The molecule has 7 nitrogen and oxygen atoms in total. The summed E-state index contributed by atoms with van der Waals surface area (Å²) in [7, 11) is 0. The van der Waals surface area contributed by atoms with Gasteiger partial charge < -0.3 is 14.3 Å². The molecule has 0 saturated carbocycles. The first kappa shape index (κ1) is 23.9. The Hall–Kier alpha value is -3.49. The molecule has 37 heavy (non-hydrogen) atoms. The number of ether oxygens (including phenoxy) is 1. The van der Waals surface area contributed by atoms with Crippen molar-refractivity contribution < 1.29 is 9.94 Å². The van der Waals surface area contributed by atoms with Crippen molar-refractivity contribution in [2.45, 2.75) is 25.7 Å². The topological polar surface area (TPSA) is 79.4 Å². The molecule has 0 radical (unpaired) electrons. The van der Waals surface area contributed by atoms with E-state index in [1.807, 2.05) is 53.1 Å². The van der Waals surface area contributed by atoms with Crippen LogP contribution in [0.25, 0.3) is 27.2 Å². The maximum atomic E-state index is 13.8. The number of aromatic nitrogens is 2. The van der Waals surface area contributed by atoms with Gasteiger partial charge in [-0.2, -0.15) is 0 Å². The van der Waals surface area contributed by atoms with Gasteiger partial charge in [-0.3, -0.25) is 14.7 Å². The van der Waals surface area contributed by atoms with E-state index in [0.717, 1.165) is 40.6 Å². The molecule has 3 aromatic heterocycles. The molecule has 1 fully saturated rings. The third-order valence-electron chi connectivity index (χ3n) is 7.22. The second kappa shape index (κ2) is 10.1. The molecular weight excluding hydrogens is 532 g/mol. The highest BCUT2D eigenvalue weighted by molar-refractivity contribution is 9.10. The number of nitrogens with zero attached hydrogens (tertiary/aromatic N) is 4. The molecule has 1 N–H and O–H groups in total. The van der Waals surface area contributed by atoms with E-state index >= 15 is 0 Å². The van der Waals surface area contributed by atoms with Crippen molar-refractivity contribution in [2.75, 3.05) is 26.2 Å². The second-order valence-corrected chi connectivity index (χ2v) is 10.5. The van der Waals surface area contributed by atoms with E-state index in [4.69, 9.17) is 4.74 Å². The highest BCUT2D eigenvalue weighted by Gasteiger charge is 2.18. The number of benzene rings is 2. The van der Waals surface area contributed by atoms with Crippen molar-refractivity contribution >= 4 is 43.1 Å². The third-order valence-corrected chi connectivity index (χ3v) is 7.71. The number of hydrogen-bond acceptors (Lipinski definition) is 6. The van der Waals surface area contributed by atoms with E-state index in [-0.39, 0.29) is 5.43 Å². The summed E-state index contributed by atoms with van der Waals surface area (Å²) in [5.41, 5.74) is 3.11. The van der Waals surface area contributed by atoms with Gasteiger partial charge in [-0.05, 0) is 67.9 Å². The highest BCUT2D eigenvalue weighted by Crippen LogP contribution is 2.29. The molecule has 0 amide bonds. The summed E-state index contributed by atoms with van der Waals surface area (Å²) in [6.07, 6.45) is 9.62. The largest absolute Gasteiger partial charge is 0.492 e. The van der Waals surface area contributed by atoms with Crippen molar-refractivity contribution in [3.05, 3.63) is 92.2 Å². The van der Waals surface area contributed by atoms with Crippen molar-refractivity contribution in [1.82, 2.24) is 14.3 Å². The minimum absolute atomic E-state index is 0.0615. The summed E-state index contributed by atoms with van der Waals surface area (Å²) in [5.74, 6) is 0.600. The molecule has 0 spiro atoms. The van der Waals surface area contributed by atoms with Crippen LogP contribution in [0.4, 0.5) is 0 Å². The fourth-order valence-electron chi connectivity index (χ4n) is 5.43. The quantitative estimate of drug-likeness (QED) is 0.138. The molecule has 0 unspecified atom stereocenters. The Morgan fingerprint density at radius 2 is 1.89 bits per heavy atom. The molecule has 6 rings (SSSR count). The molecule has 4 heterocycles. The Kier molecular flexibility index (Phi) is 6.52. The van der Waals surface area contributed by atoms with Crippen LogP contribution in [0.5, 0.6) is 5.75 Å². The zero-order valence-electron chi connectivity index (χ0n) is 20.4. The van der Waals surface area contributed by atoms with E-state index in [1.165, 1.54) is 19.3 Å². The summed E-state index contributed by atoms with van der Waals surface area (Å²) in [5, 5.41) is 16.2. The average Bonchev–Trinajstić information content (AvgIpc) is 2.92. The fourth-order valence-corrected chi connectivity index (χ4v) is 5.78. The summed E-state index contributed by atoms with van der Waals surface area (Å²) in [6, 6.07) is 13.4. The Morgan fingerprint density at radius 1 is 1.05 bits per heavy atom. The van der Waals surface area contributed by atoms with E-state index in [0.29, 0.717) is 46.0 Å². The molecule has 0 bridgehead atoms. The summed E-state index contributed by atoms with van der Waals surface area (Å²) < 4.78 is 9.12. The fraction of sp³-hybridized carbons (Fsp3) is 0.276. The molecule has 1 aliphatic heterocycles.